The second-order valence-electron chi connectivity index (χ2n) is 4.03. The van der Waals surface area contributed by atoms with Crippen LogP contribution in [-0.2, 0) is 10.8 Å². The summed E-state index contributed by atoms with van der Waals surface area (Å²) in [7, 11) is -0.782. The lowest BCUT2D eigenvalue weighted by Gasteiger charge is -2.12. The fraction of sp³-hybridized carbons (Fsp3) is 0.417. The van der Waals surface area contributed by atoms with Crippen LogP contribution in [0.3, 0.4) is 0 Å². The van der Waals surface area contributed by atoms with Crippen LogP contribution in [0, 0.1) is 0 Å². The molecule has 0 bridgehead atoms. The van der Waals surface area contributed by atoms with Gasteiger partial charge in [0.05, 0.1) is 6.04 Å². The summed E-state index contributed by atoms with van der Waals surface area (Å²) >= 11 is 0. The lowest BCUT2D eigenvalue weighted by molar-refractivity contribution is 0.670. The largest absolute Gasteiger partial charge is 0.325 e. The van der Waals surface area contributed by atoms with Gasteiger partial charge in [-0.2, -0.15) is 0 Å². The SMILES string of the molecule is CC(CCS(C)=O)N=C(NN)Nc1ccccc1. The molecular formula is C12H20N4OS. The Morgan fingerprint density at radius 1 is 1.44 bits per heavy atom. The standard InChI is InChI=1S/C12H20N4OS/c1-10(8-9-18(2)17)14-12(16-13)15-11-6-4-3-5-7-11/h3-7,10H,8-9,13H2,1-2H3,(H2,14,15,16). The summed E-state index contributed by atoms with van der Waals surface area (Å²) in [6.07, 6.45) is 2.46. The monoisotopic (exact) mass is 268 g/mol. The van der Waals surface area contributed by atoms with Crippen molar-refractivity contribution in [1.82, 2.24) is 5.43 Å². The van der Waals surface area contributed by atoms with E-state index in [1.807, 2.05) is 37.3 Å². The molecule has 1 rings (SSSR count). The molecule has 5 nitrogen and oxygen atoms in total. The van der Waals surface area contributed by atoms with Crippen molar-refractivity contribution in [2.75, 3.05) is 17.3 Å². The van der Waals surface area contributed by atoms with Gasteiger partial charge in [-0.05, 0) is 25.5 Å². The van der Waals surface area contributed by atoms with E-state index in [2.05, 4.69) is 15.7 Å². The number of benzene rings is 1. The van der Waals surface area contributed by atoms with Gasteiger partial charge < -0.3 is 5.32 Å². The van der Waals surface area contributed by atoms with E-state index in [-0.39, 0.29) is 6.04 Å². The second-order valence-corrected chi connectivity index (χ2v) is 5.58. The van der Waals surface area contributed by atoms with Crippen molar-refractivity contribution in [3.63, 3.8) is 0 Å². The average Bonchev–Trinajstić information content (AvgIpc) is 2.37. The second kappa shape index (κ2) is 7.84. The molecular weight excluding hydrogens is 248 g/mol. The van der Waals surface area contributed by atoms with Gasteiger partial charge >= 0.3 is 0 Å². The molecule has 1 aromatic rings. The maximum absolute atomic E-state index is 11.0. The third-order valence-electron chi connectivity index (χ3n) is 2.35. The lowest BCUT2D eigenvalue weighted by Crippen LogP contribution is -2.37. The Morgan fingerprint density at radius 3 is 2.67 bits per heavy atom. The molecule has 0 spiro atoms. The van der Waals surface area contributed by atoms with Crippen LogP contribution in [0.5, 0.6) is 0 Å². The van der Waals surface area contributed by atoms with Crippen LogP contribution < -0.4 is 16.6 Å². The molecule has 0 saturated heterocycles. The first kappa shape index (κ1) is 14.7. The first-order valence-corrected chi connectivity index (χ1v) is 7.51. The Morgan fingerprint density at radius 2 is 2.11 bits per heavy atom. The summed E-state index contributed by atoms with van der Waals surface area (Å²) in [5, 5.41) is 3.09. The summed E-state index contributed by atoms with van der Waals surface area (Å²) < 4.78 is 11.0. The number of rotatable bonds is 5. The van der Waals surface area contributed by atoms with Crippen LogP contribution in [0.1, 0.15) is 13.3 Å². The van der Waals surface area contributed by atoms with Crippen LogP contribution in [-0.4, -0.2) is 28.2 Å². The van der Waals surface area contributed by atoms with Crippen LogP contribution in [0.25, 0.3) is 0 Å². The van der Waals surface area contributed by atoms with Crippen molar-refractivity contribution < 1.29 is 4.21 Å². The molecule has 0 aliphatic carbocycles. The molecule has 4 N–H and O–H groups in total. The van der Waals surface area contributed by atoms with Crippen LogP contribution in [0.4, 0.5) is 5.69 Å². The number of para-hydroxylation sites is 1. The first-order chi connectivity index (χ1) is 8.61. The van der Waals surface area contributed by atoms with Crippen molar-refractivity contribution in [3.05, 3.63) is 30.3 Å². The molecule has 18 heavy (non-hydrogen) atoms. The van der Waals surface area contributed by atoms with E-state index in [1.54, 1.807) is 6.26 Å². The van der Waals surface area contributed by atoms with E-state index in [0.717, 1.165) is 12.1 Å². The Kier molecular flexibility index (Phi) is 6.38. The molecule has 6 heteroatoms. The number of hydrogen-bond acceptors (Lipinski definition) is 3. The molecule has 0 fully saturated rings. The Balaban J connectivity index is 2.56. The molecule has 0 aromatic heterocycles. The number of nitrogens with one attached hydrogen (secondary N) is 2. The smallest absolute Gasteiger partial charge is 0.210 e. The fourth-order valence-electron chi connectivity index (χ4n) is 1.39. The molecule has 0 heterocycles. The highest BCUT2D eigenvalue weighted by Gasteiger charge is 2.04. The number of aliphatic imine (C=N–C) groups is 1. The Hall–Kier alpha value is -1.40. The van der Waals surface area contributed by atoms with Crippen molar-refractivity contribution in [3.8, 4) is 0 Å². The van der Waals surface area contributed by atoms with Gasteiger partial charge in [0.1, 0.15) is 0 Å². The summed E-state index contributed by atoms with van der Waals surface area (Å²) in [5.74, 6) is 6.58. The highest BCUT2D eigenvalue weighted by molar-refractivity contribution is 7.84. The summed E-state index contributed by atoms with van der Waals surface area (Å²) in [6.45, 7) is 1.97. The molecule has 2 unspecified atom stereocenters. The number of hydrogen-bond donors (Lipinski definition) is 3. The number of hydrazine groups is 1. The van der Waals surface area contributed by atoms with E-state index >= 15 is 0 Å². The van der Waals surface area contributed by atoms with E-state index in [4.69, 9.17) is 5.84 Å². The van der Waals surface area contributed by atoms with Crippen LogP contribution in [0.2, 0.25) is 0 Å². The van der Waals surface area contributed by atoms with Crippen molar-refractivity contribution in [1.29, 1.82) is 0 Å². The predicted octanol–water partition coefficient (Wildman–Crippen LogP) is 1.07. The fourth-order valence-corrected chi connectivity index (χ4v) is 2.06. The molecule has 0 saturated carbocycles. The van der Waals surface area contributed by atoms with Crippen molar-refractivity contribution in [2.24, 2.45) is 10.8 Å². The van der Waals surface area contributed by atoms with Gasteiger partial charge in [-0.3, -0.25) is 9.63 Å². The number of guanidine groups is 1. The van der Waals surface area contributed by atoms with E-state index in [1.165, 1.54) is 0 Å². The van der Waals surface area contributed by atoms with Crippen LogP contribution in [0.15, 0.2) is 35.3 Å². The number of anilines is 1. The highest BCUT2D eigenvalue weighted by atomic mass is 32.2. The molecule has 2 atom stereocenters. The van der Waals surface area contributed by atoms with E-state index in [0.29, 0.717) is 11.7 Å². The topological polar surface area (TPSA) is 79.5 Å². The minimum absolute atomic E-state index is 0.0659. The molecule has 0 aliphatic heterocycles. The molecule has 0 aliphatic rings. The minimum atomic E-state index is -0.782. The third-order valence-corrected chi connectivity index (χ3v) is 3.16. The van der Waals surface area contributed by atoms with Gasteiger partial charge in [-0.25, -0.2) is 10.8 Å². The zero-order valence-electron chi connectivity index (χ0n) is 10.7. The quantitative estimate of drug-likeness (QED) is 0.323. The summed E-state index contributed by atoms with van der Waals surface area (Å²) in [5.41, 5.74) is 3.45. The average molecular weight is 268 g/mol. The van der Waals surface area contributed by atoms with E-state index < -0.39 is 10.8 Å². The predicted molar refractivity (Wildman–Crippen MR) is 77.8 cm³/mol. The lowest BCUT2D eigenvalue weighted by atomic mass is 10.3. The van der Waals surface area contributed by atoms with Gasteiger partial charge in [-0.1, -0.05) is 18.2 Å². The van der Waals surface area contributed by atoms with Crippen molar-refractivity contribution in [2.45, 2.75) is 19.4 Å². The summed E-state index contributed by atoms with van der Waals surface area (Å²) in [4.78, 5) is 4.40. The first-order valence-electron chi connectivity index (χ1n) is 5.78. The Bertz CT molecular complexity index is 408. The van der Waals surface area contributed by atoms with Crippen LogP contribution >= 0.6 is 0 Å². The summed E-state index contributed by atoms with van der Waals surface area (Å²) in [6, 6.07) is 9.73. The Labute approximate surface area is 110 Å². The van der Waals surface area contributed by atoms with Gasteiger partial charge in [0.25, 0.3) is 0 Å². The van der Waals surface area contributed by atoms with E-state index in [9.17, 15) is 4.21 Å². The molecule has 0 radical (unpaired) electrons. The maximum atomic E-state index is 11.0. The highest BCUT2D eigenvalue weighted by Crippen LogP contribution is 2.05. The third kappa shape index (κ3) is 5.79. The number of nitrogens with two attached hydrogens (primary N) is 1. The zero-order valence-corrected chi connectivity index (χ0v) is 11.5. The molecule has 0 amide bonds. The maximum Gasteiger partial charge on any atom is 0.210 e. The van der Waals surface area contributed by atoms with Gasteiger partial charge in [0, 0.05) is 28.5 Å². The van der Waals surface area contributed by atoms with Gasteiger partial charge in [0.15, 0.2) is 0 Å². The van der Waals surface area contributed by atoms with Gasteiger partial charge in [0.2, 0.25) is 5.96 Å². The zero-order chi connectivity index (χ0) is 13.4. The molecule has 1 aromatic carbocycles. The minimum Gasteiger partial charge on any atom is -0.325 e. The molecule has 100 valence electrons. The normalized spacial score (nSPS) is 14.9. The number of nitrogens with zero attached hydrogens (tertiary/aromatic N) is 1. The van der Waals surface area contributed by atoms with Gasteiger partial charge in [-0.15, -0.1) is 0 Å². The van der Waals surface area contributed by atoms with Crippen molar-refractivity contribution >= 4 is 22.4 Å².